The Morgan fingerprint density at radius 3 is 2.79 bits per heavy atom. The van der Waals surface area contributed by atoms with Crippen LogP contribution in [0.15, 0.2) is 6.20 Å². The Morgan fingerprint density at radius 1 is 1.64 bits per heavy atom. The zero-order chi connectivity index (χ0) is 10.2. The van der Waals surface area contributed by atoms with Crippen molar-refractivity contribution in [3.63, 3.8) is 0 Å². The second kappa shape index (κ2) is 3.82. The Bertz CT molecular complexity index is 315. The van der Waals surface area contributed by atoms with Crippen LogP contribution in [0.5, 0.6) is 0 Å². The number of aryl methyl sites for hydroxylation is 1. The summed E-state index contributed by atoms with van der Waals surface area (Å²) < 4.78 is 0. The molecular weight excluding hydrogens is 214 g/mol. The molecule has 78 valence electrons. The van der Waals surface area contributed by atoms with Gasteiger partial charge in [-0.2, -0.15) is 0 Å². The summed E-state index contributed by atoms with van der Waals surface area (Å²) >= 11 is 7.88. The van der Waals surface area contributed by atoms with Crippen LogP contribution in [0.25, 0.3) is 0 Å². The number of nitrogens with zero attached hydrogens (tertiary/aromatic N) is 1. The molecule has 0 unspecified atom stereocenters. The molecule has 1 aromatic heterocycles. The molecule has 0 aromatic carbocycles. The predicted octanol–water partition coefficient (Wildman–Crippen LogP) is 3.65. The van der Waals surface area contributed by atoms with Gasteiger partial charge in [0.15, 0.2) is 0 Å². The number of hydrogen-bond donors (Lipinski definition) is 0. The van der Waals surface area contributed by atoms with E-state index in [-0.39, 0.29) is 0 Å². The van der Waals surface area contributed by atoms with Crippen LogP contribution in [-0.4, -0.2) is 10.9 Å². The van der Waals surface area contributed by atoms with Gasteiger partial charge in [0.2, 0.25) is 0 Å². The summed E-state index contributed by atoms with van der Waals surface area (Å²) in [6.45, 7) is 4.37. The van der Waals surface area contributed by atoms with Gasteiger partial charge in [-0.3, -0.25) is 0 Å². The number of rotatable bonds is 3. The van der Waals surface area contributed by atoms with Crippen molar-refractivity contribution in [3.8, 4) is 0 Å². The summed E-state index contributed by atoms with van der Waals surface area (Å²) in [4.78, 5) is 5.69. The molecule has 0 radical (unpaired) electrons. The highest BCUT2D eigenvalue weighted by atomic mass is 35.5. The number of thiazole rings is 1. The molecule has 0 N–H and O–H groups in total. The molecule has 0 bridgehead atoms. The predicted molar refractivity (Wildman–Crippen MR) is 62.1 cm³/mol. The molecule has 1 fully saturated rings. The van der Waals surface area contributed by atoms with E-state index in [1.165, 1.54) is 17.7 Å². The number of aromatic nitrogens is 1. The lowest BCUT2D eigenvalue weighted by Crippen LogP contribution is -2.39. The number of halogens is 1. The fraction of sp³-hybridized carbons (Fsp3) is 0.727. The monoisotopic (exact) mass is 229 g/mol. The van der Waals surface area contributed by atoms with Crippen molar-refractivity contribution < 1.29 is 0 Å². The third-order valence-electron chi connectivity index (χ3n) is 3.06. The van der Waals surface area contributed by atoms with E-state index in [2.05, 4.69) is 18.8 Å². The SMILES string of the molecule is Cc1ncc(CC2(CCl)CC(C)C2)s1. The summed E-state index contributed by atoms with van der Waals surface area (Å²) in [5, 5.41) is 1.16. The lowest BCUT2D eigenvalue weighted by molar-refractivity contribution is 0.0934. The molecular formula is C11H16ClNS. The smallest absolute Gasteiger partial charge is 0.0896 e. The molecule has 0 atom stereocenters. The Hall–Kier alpha value is -0.0800. The number of alkyl halides is 1. The highest BCUT2D eigenvalue weighted by Crippen LogP contribution is 2.48. The third-order valence-corrected chi connectivity index (χ3v) is 4.54. The third kappa shape index (κ3) is 1.96. The average molecular weight is 230 g/mol. The molecule has 1 saturated carbocycles. The van der Waals surface area contributed by atoms with Crippen LogP contribution >= 0.6 is 22.9 Å². The van der Waals surface area contributed by atoms with Crippen molar-refractivity contribution in [2.75, 3.05) is 5.88 Å². The van der Waals surface area contributed by atoms with Crippen molar-refractivity contribution in [1.82, 2.24) is 4.98 Å². The van der Waals surface area contributed by atoms with E-state index >= 15 is 0 Å². The lowest BCUT2D eigenvalue weighted by Gasteiger charge is -2.45. The standard InChI is InChI=1S/C11H16ClNS/c1-8-3-11(4-8,7-12)5-10-6-13-9(2)14-10/h6,8H,3-5,7H2,1-2H3. The maximum absolute atomic E-state index is 6.07. The highest BCUT2D eigenvalue weighted by Gasteiger charge is 2.41. The molecule has 1 aromatic rings. The quantitative estimate of drug-likeness (QED) is 0.722. The Balaban J connectivity index is 2.02. The second-order valence-corrected chi connectivity index (χ2v) is 6.26. The molecule has 2 rings (SSSR count). The van der Waals surface area contributed by atoms with E-state index in [1.54, 1.807) is 0 Å². The van der Waals surface area contributed by atoms with Crippen LogP contribution in [0.2, 0.25) is 0 Å². The molecule has 1 heterocycles. The minimum Gasteiger partial charge on any atom is -0.250 e. The Labute approximate surface area is 94.5 Å². The summed E-state index contributed by atoms with van der Waals surface area (Å²) in [6, 6.07) is 0. The van der Waals surface area contributed by atoms with Gasteiger partial charge >= 0.3 is 0 Å². The van der Waals surface area contributed by atoms with E-state index < -0.39 is 0 Å². The largest absolute Gasteiger partial charge is 0.250 e. The first-order chi connectivity index (χ1) is 6.63. The Kier molecular flexibility index (Phi) is 2.85. The van der Waals surface area contributed by atoms with Crippen LogP contribution in [0.4, 0.5) is 0 Å². The molecule has 3 heteroatoms. The van der Waals surface area contributed by atoms with Gasteiger partial charge in [0.1, 0.15) is 0 Å². The molecule has 0 saturated heterocycles. The van der Waals surface area contributed by atoms with E-state index in [9.17, 15) is 0 Å². The average Bonchev–Trinajstić information content (AvgIpc) is 2.48. The van der Waals surface area contributed by atoms with Gasteiger partial charge < -0.3 is 0 Å². The fourth-order valence-corrected chi connectivity index (χ4v) is 3.86. The normalized spacial score (nSPS) is 31.5. The Morgan fingerprint density at radius 2 is 2.36 bits per heavy atom. The van der Waals surface area contributed by atoms with E-state index in [1.807, 2.05) is 17.5 Å². The van der Waals surface area contributed by atoms with Gasteiger partial charge in [-0.1, -0.05) is 6.92 Å². The maximum Gasteiger partial charge on any atom is 0.0896 e. The van der Waals surface area contributed by atoms with E-state index in [0.29, 0.717) is 5.41 Å². The first kappa shape index (κ1) is 10.4. The number of hydrogen-bond acceptors (Lipinski definition) is 2. The first-order valence-corrected chi connectivity index (χ1v) is 6.46. The summed E-state index contributed by atoms with van der Waals surface area (Å²) in [5.74, 6) is 1.66. The molecule has 0 aliphatic heterocycles. The van der Waals surface area contributed by atoms with Crippen molar-refractivity contribution >= 4 is 22.9 Å². The van der Waals surface area contributed by atoms with Crippen molar-refractivity contribution in [2.45, 2.75) is 33.1 Å². The van der Waals surface area contributed by atoms with Crippen molar-refractivity contribution in [2.24, 2.45) is 11.3 Å². The van der Waals surface area contributed by atoms with Gasteiger partial charge in [-0.05, 0) is 37.5 Å². The van der Waals surface area contributed by atoms with Crippen LogP contribution in [-0.2, 0) is 6.42 Å². The van der Waals surface area contributed by atoms with Crippen LogP contribution in [0.1, 0.15) is 29.7 Å². The maximum atomic E-state index is 6.07. The van der Waals surface area contributed by atoms with Crippen LogP contribution in [0.3, 0.4) is 0 Å². The fourth-order valence-electron chi connectivity index (χ4n) is 2.58. The van der Waals surface area contributed by atoms with Gasteiger partial charge in [0.05, 0.1) is 5.01 Å². The minimum absolute atomic E-state index is 0.389. The van der Waals surface area contributed by atoms with Gasteiger partial charge in [0, 0.05) is 17.0 Å². The molecule has 0 spiro atoms. The van der Waals surface area contributed by atoms with E-state index in [0.717, 1.165) is 23.2 Å². The molecule has 14 heavy (non-hydrogen) atoms. The van der Waals surface area contributed by atoms with Crippen molar-refractivity contribution in [3.05, 3.63) is 16.1 Å². The zero-order valence-electron chi connectivity index (χ0n) is 8.72. The highest BCUT2D eigenvalue weighted by molar-refractivity contribution is 7.11. The van der Waals surface area contributed by atoms with Gasteiger partial charge in [0.25, 0.3) is 0 Å². The molecule has 0 amide bonds. The summed E-state index contributed by atoms with van der Waals surface area (Å²) in [5.41, 5.74) is 0.389. The van der Waals surface area contributed by atoms with Crippen LogP contribution in [0, 0.1) is 18.3 Å². The second-order valence-electron chi connectivity index (χ2n) is 4.67. The molecule has 1 nitrogen and oxygen atoms in total. The first-order valence-electron chi connectivity index (χ1n) is 5.11. The summed E-state index contributed by atoms with van der Waals surface area (Å²) in [7, 11) is 0. The minimum atomic E-state index is 0.389. The van der Waals surface area contributed by atoms with Gasteiger partial charge in [-0.15, -0.1) is 22.9 Å². The zero-order valence-corrected chi connectivity index (χ0v) is 10.3. The van der Waals surface area contributed by atoms with Gasteiger partial charge in [-0.25, -0.2) is 4.98 Å². The van der Waals surface area contributed by atoms with E-state index in [4.69, 9.17) is 11.6 Å². The molecule has 1 aliphatic carbocycles. The summed E-state index contributed by atoms with van der Waals surface area (Å²) in [6.07, 6.45) is 5.71. The lowest BCUT2D eigenvalue weighted by atomic mass is 9.62. The molecule has 1 aliphatic rings. The van der Waals surface area contributed by atoms with Crippen molar-refractivity contribution in [1.29, 1.82) is 0 Å². The van der Waals surface area contributed by atoms with Crippen LogP contribution < -0.4 is 0 Å². The topological polar surface area (TPSA) is 12.9 Å².